The van der Waals surface area contributed by atoms with E-state index >= 15 is 0 Å². The van der Waals surface area contributed by atoms with E-state index in [2.05, 4.69) is 22.6 Å². The van der Waals surface area contributed by atoms with Crippen molar-refractivity contribution in [2.24, 2.45) is 0 Å². The van der Waals surface area contributed by atoms with Crippen molar-refractivity contribution in [2.75, 3.05) is 7.05 Å². The fourth-order valence-electron chi connectivity index (χ4n) is 2.16. The third kappa shape index (κ3) is 3.81. The van der Waals surface area contributed by atoms with Crippen LogP contribution in [0.1, 0.15) is 11.1 Å². The van der Waals surface area contributed by atoms with Crippen molar-refractivity contribution >= 4 is 51.6 Å². The molecule has 0 atom stereocenters. The van der Waals surface area contributed by atoms with Crippen LogP contribution in [0, 0.1) is 3.57 Å². The zero-order valence-electron chi connectivity index (χ0n) is 12.9. The molecule has 24 heavy (non-hydrogen) atoms. The summed E-state index contributed by atoms with van der Waals surface area (Å²) in [6, 6.07) is 15.6. The van der Waals surface area contributed by atoms with Gasteiger partial charge in [0.1, 0.15) is 12.4 Å². The predicted octanol–water partition coefficient (Wildman–Crippen LogP) is 4.54. The van der Waals surface area contributed by atoms with Crippen LogP contribution in [0.15, 0.2) is 53.4 Å². The van der Waals surface area contributed by atoms with Crippen molar-refractivity contribution in [1.29, 1.82) is 0 Å². The van der Waals surface area contributed by atoms with E-state index in [0.717, 1.165) is 27.8 Å². The lowest BCUT2D eigenvalue weighted by molar-refractivity contribution is -0.121. The number of carbonyl (C=O) groups excluding carboxylic acids is 2. The number of thioether (sulfide) groups is 1. The summed E-state index contributed by atoms with van der Waals surface area (Å²) in [5, 5.41) is -0.261. The lowest BCUT2D eigenvalue weighted by atomic mass is 10.2. The molecule has 0 saturated carbocycles. The second-order valence-corrected chi connectivity index (χ2v) is 7.43. The summed E-state index contributed by atoms with van der Waals surface area (Å²) in [5.41, 5.74) is 1.85. The smallest absolute Gasteiger partial charge is 0.293 e. The highest BCUT2D eigenvalue weighted by molar-refractivity contribution is 14.1. The van der Waals surface area contributed by atoms with Crippen LogP contribution in [0.3, 0.4) is 0 Å². The van der Waals surface area contributed by atoms with Crippen molar-refractivity contribution in [3.8, 4) is 5.75 Å². The fraction of sp³-hybridized carbons (Fsp3) is 0.111. The number of imide groups is 1. The molecule has 2 aromatic carbocycles. The Morgan fingerprint density at radius 1 is 1.12 bits per heavy atom. The van der Waals surface area contributed by atoms with Crippen LogP contribution in [0.4, 0.5) is 4.79 Å². The van der Waals surface area contributed by atoms with Crippen LogP contribution >= 0.6 is 34.4 Å². The topological polar surface area (TPSA) is 46.6 Å². The fourth-order valence-corrected chi connectivity index (χ4v) is 3.34. The SMILES string of the molecule is CN1C(=O)S/C(=C\c2ccccc2OCc2ccc(I)cc2)C1=O. The molecule has 1 heterocycles. The maximum Gasteiger partial charge on any atom is 0.293 e. The summed E-state index contributed by atoms with van der Waals surface area (Å²) >= 11 is 3.20. The predicted molar refractivity (Wildman–Crippen MR) is 104 cm³/mol. The number of carbonyl (C=O) groups is 2. The van der Waals surface area contributed by atoms with Crippen LogP contribution in [-0.2, 0) is 11.4 Å². The first kappa shape index (κ1) is 17.0. The molecule has 1 fully saturated rings. The number of amides is 2. The van der Waals surface area contributed by atoms with Crippen LogP contribution in [0.2, 0.25) is 0 Å². The summed E-state index contributed by atoms with van der Waals surface area (Å²) < 4.78 is 7.07. The highest BCUT2D eigenvalue weighted by Gasteiger charge is 2.31. The Morgan fingerprint density at radius 2 is 1.83 bits per heavy atom. The quantitative estimate of drug-likeness (QED) is 0.506. The Hall–Kier alpha value is -1.80. The highest BCUT2D eigenvalue weighted by Crippen LogP contribution is 2.33. The molecule has 3 rings (SSSR count). The van der Waals surface area contributed by atoms with Crippen LogP contribution < -0.4 is 4.74 Å². The van der Waals surface area contributed by atoms with Crippen molar-refractivity contribution in [3.05, 3.63) is 68.1 Å². The molecule has 0 radical (unpaired) electrons. The standard InChI is InChI=1S/C18H14INO3S/c1-20-17(21)16(24-18(20)22)10-13-4-2-3-5-15(13)23-11-12-6-8-14(19)9-7-12/h2-10H,11H2,1H3/b16-10-. The van der Waals surface area contributed by atoms with Crippen molar-refractivity contribution in [3.63, 3.8) is 0 Å². The molecule has 0 bridgehead atoms. The van der Waals surface area contributed by atoms with E-state index in [4.69, 9.17) is 4.74 Å². The Labute approximate surface area is 158 Å². The van der Waals surface area contributed by atoms with Crippen LogP contribution in [0.25, 0.3) is 6.08 Å². The van der Waals surface area contributed by atoms with E-state index in [-0.39, 0.29) is 11.1 Å². The molecule has 2 amide bonds. The third-order valence-electron chi connectivity index (χ3n) is 3.50. The van der Waals surface area contributed by atoms with Gasteiger partial charge in [0.15, 0.2) is 0 Å². The maximum absolute atomic E-state index is 12.0. The molecular formula is C18H14INO3S. The average Bonchev–Trinajstić information content (AvgIpc) is 2.82. The van der Waals surface area contributed by atoms with E-state index in [0.29, 0.717) is 17.3 Å². The van der Waals surface area contributed by atoms with E-state index in [1.807, 2.05) is 48.5 Å². The first-order chi connectivity index (χ1) is 11.5. The Morgan fingerprint density at radius 3 is 2.50 bits per heavy atom. The number of nitrogens with zero attached hydrogens (tertiary/aromatic N) is 1. The van der Waals surface area contributed by atoms with E-state index in [9.17, 15) is 9.59 Å². The number of ether oxygens (including phenoxy) is 1. The number of likely N-dealkylation sites (N-methyl/N-ethyl adjacent to an activating group) is 1. The minimum Gasteiger partial charge on any atom is -0.488 e. The first-order valence-electron chi connectivity index (χ1n) is 7.22. The summed E-state index contributed by atoms with van der Waals surface area (Å²) in [7, 11) is 1.48. The first-order valence-corrected chi connectivity index (χ1v) is 9.12. The monoisotopic (exact) mass is 451 g/mol. The van der Waals surface area contributed by atoms with Crippen molar-refractivity contribution < 1.29 is 14.3 Å². The maximum atomic E-state index is 12.0. The molecule has 4 nitrogen and oxygen atoms in total. The van der Waals surface area contributed by atoms with Gasteiger partial charge in [-0.05, 0) is 64.2 Å². The number of hydrogen-bond acceptors (Lipinski definition) is 4. The third-order valence-corrected chi connectivity index (χ3v) is 5.18. The largest absolute Gasteiger partial charge is 0.488 e. The second kappa shape index (κ2) is 7.40. The van der Waals surface area contributed by atoms with Crippen LogP contribution in [0.5, 0.6) is 5.75 Å². The lowest BCUT2D eigenvalue weighted by Gasteiger charge is -2.10. The van der Waals surface area contributed by atoms with Gasteiger partial charge in [0, 0.05) is 16.2 Å². The molecule has 0 aromatic heterocycles. The van der Waals surface area contributed by atoms with Gasteiger partial charge in [0.2, 0.25) is 0 Å². The van der Waals surface area contributed by atoms with Gasteiger partial charge in [-0.2, -0.15) is 0 Å². The zero-order valence-corrected chi connectivity index (χ0v) is 15.8. The van der Waals surface area contributed by atoms with Gasteiger partial charge in [-0.1, -0.05) is 30.3 Å². The summed E-state index contributed by atoms with van der Waals surface area (Å²) in [5.74, 6) is 0.399. The number of benzene rings is 2. The van der Waals surface area contributed by atoms with Crippen molar-refractivity contribution in [1.82, 2.24) is 4.90 Å². The average molecular weight is 451 g/mol. The molecule has 122 valence electrons. The Kier molecular flexibility index (Phi) is 5.25. The molecule has 0 N–H and O–H groups in total. The zero-order chi connectivity index (χ0) is 17.1. The van der Waals surface area contributed by atoms with Gasteiger partial charge >= 0.3 is 0 Å². The molecule has 1 saturated heterocycles. The molecular weight excluding hydrogens is 437 g/mol. The van der Waals surface area contributed by atoms with Gasteiger partial charge in [-0.25, -0.2) is 0 Å². The molecule has 0 aliphatic carbocycles. The van der Waals surface area contributed by atoms with E-state index in [1.165, 1.54) is 10.6 Å². The van der Waals surface area contributed by atoms with Gasteiger partial charge in [-0.3, -0.25) is 14.5 Å². The summed E-state index contributed by atoms with van der Waals surface area (Å²) in [6.07, 6.45) is 1.71. The number of para-hydroxylation sites is 1. The van der Waals surface area contributed by atoms with Crippen LogP contribution in [-0.4, -0.2) is 23.1 Å². The van der Waals surface area contributed by atoms with E-state index < -0.39 is 0 Å². The number of rotatable bonds is 4. The van der Waals surface area contributed by atoms with Crippen molar-refractivity contribution in [2.45, 2.75) is 6.61 Å². The molecule has 0 unspecified atom stereocenters. The van der Waals surface area contributed by atoms with E-state index in [1.54, 1.807) is 6.08 Å². The van der Waals surface area contributed by atoms with Gasteiger partial charge in [0.25, 0.3) is 11.1 Å². The second-order valence-electron chi connectivity index (χ2n) is 5.19. The van der Waals surface area contributed by atoms with Gasteiger partial charge < -0.3 is 4.74 Å². The minimum absolute atomic E-state index is 0.261. The van der Waals surface area contributed by atoms with Gasteiger partial charge in [0.05, 0.1) is 4.91 Å². The highest BCUT2D eigenvalue weighted by atomic mass is 127. The summed E-state index contributed by atoms with van der Waals surface area (Å²) in [6.45, 7) is 0.441. The Balaban J connectivity index is 1.79. The molecule has 0 spiro atoms. The Bertz CT molecular complexity index is 817. The minimum atomic E-state index is -0.280. The molecule has 6 heteroatoms. The lowest BCUT2D eigenvalue weighted by Crippen LogP contribution is -2.22. The summed E-state index contributed by atoms with van der Waals surface area (Å²) in [4.78, 5) is 25.1. The molecule has 1 aliphatic heterocycles. The number of hydrogen-bond donors (Lipinski definition) is 0. The number of halogens is 1. The normalized spacial score (nSPS) is 16.1. The molecule has 2 aromatic rings. The van der Waals surface area contributed by atoms with Gasteiger partial charge in [-0.15, -0.1) is 0 Å². The molecule has 1 aliphatic rings.